The molecule has 0 atom stereocenters. The van der Waals surface area contributed by atoms with Gasteiger partial charge in [-0.2, -0.15) is 0 Å². The minimum atomic E-state index is -0.920. The van der Waals surface area contributed by atoms with Gasteiger partial charge in [0.2, 0.25) is 0 Å². The van der Waals surface area contributed by atoms with E-state index in [2.05, 4.69) is 0 Å². The fourth-order valence-electron chi connectivity index (χ4n) is 1.67. The smallest absolute Gasteiger partial charge is 0.331 e. The van der Waals surface area contributed by atoms with Crippen molar-refractivity contribution in [1.82, 2.24) is 0 Å². The first-order valence-corrected chi connectivity index (χ1v) is 6.09. The molecule has 0 aromatic heterocycles. The molecule has 0 radical (unpaired) electrons. The van der Waals surface area contributed by atoms with Gasteiger partial charge in [-0.25, -0.2) is 9.18 Å². The first kappa shape index (κ1) is 15.3. The molecule has 0 aliphatic rings. The van der Waals surface area contributed by atoms with Crippen LogP contribution < -0.4 is 9.64 Å². The Labute approximate surface area is 113 Å². The Morgan fingerprint density at radius 2 is 2.05 bits per heavy atom. The Kier molecular flexibility index (Phi) is 4.75. The molecule has 0 N–H and O–H groups in total. The summed E-state index contributed by atoms with van der Waals surface area (Å²) in [6.07, 6.45) is 0. The number of rotatable bonds is 5. The summed E-state index contributed by atoms with van der Waals surface area (Å²) in [6, 6.07) is 4.18. The van der Waals surface area contributed by atoms with Crippen LogP contribution in [0.3, 0.4) is 0 Å². The Balaban J connectivity index is 3.14. The number of carbonyl (C=O) groups is 1. The lowest BCUT2D eigenvalue weighted by atomic mass is 10.0. The third-order valence-corrected chi connectivity index (χ3v) is 3.12. The Morgan fingerprint density at radius 1 is 1.42 bits per heavy atom. The monoisotopic (exact) mass is 269 g/mol. The quantitative estimate of drug-likeness (QED) is 0.770. The predicted octanol–water partition coefficient (Wildman–Crippen LogP) is 2.61. The molecule has 0 amide bonds. The van der Waals surface area contributed by atoms with Crippen molar-refractivity contribution in [1.29, 1.82) is 0 Å². The molecule has 0 aliphatic carbocycles. The standard InChI is InChI=1S/C14H20FNO3/c1-6-19-13(17)14(2,3)16(4)11-9-10(15)7-8-12(11)18-5/h7-9H,6H2,1-5H3. The summed E-state index contributed by atoms with van der Waals surface area (Å²) in [7, 11) is 3.20. The minimum absolute atomic E-state index is 0.302. The minimum Gasteiger partial charge on any atom is -0.495 e. The van der Waals surface area contributed by atoms with Gasteiger partial charge in [-0.05, 0) is 32.9 Å². The summed E-state index contributed by atoms with van der Waals surface area (Å²) in [4.78, 5) is 13.6. The van der Waals surface area contributed by atoms with Gasteiger partial charge < -0.3 is 14.4 Å². The summed E-state index contributed by atoms with van der Waals surface area (Å²) in [5.74, 6) is -0.257. The normalized spacial score (nSPS) is 11.1. The first-order chi connectivity index (χ1) is 8.84. The third kappa shape index (κ3) is 3.16. The average Bonchev–Trinajstić information content (AvgIpc) is 2.38. The number of carbonyl (C=O) groups excluding carboxylic acids is 1. The van der Waals surface area contributed by atoms with Crippen LogP contribution in [-0.4, -0.2) is 32.3 Å². The summed E-state index contributed by atoms with van der Waals surface area (Å²) in [5.41, 5.74) is -0.419. The molecule has 0 heterocycles. The van der Waals surface area contributed by atoms with Crippen LogP contribution in [0.1, 0.15) is 20.8 Å². The summed E-state index contributed by atoms with van der Waals surface area (Å²) < 4.78 is 23.6. The number of hydrogen-bond acceptors (Lipinski definition) is 4. The van der Waals surface area contributed by atoms with Crippen LogP contribution in [-0.2, 0) is 9.53 Å². The van der Waals surface area contributed by atoms with E-state index in [4.69, 9.17) is 9.47 Å². The van der Waals surface area contributed by atoms with Gasteiger partial charge in [-0.3, -0.25) is 0 Å². The van der Waals surface area contributed by atoms with Crippen molar-refractivity contribution in [3.8, 4) is 5.75 Å². The number of nitrogens with zero attached hydrogens (tertiary/aromatic N) is 1. The van der Waals surface area contributed by atoms with Gasteiger partial charge in [-0.15, -0.1) is 0 Å². The van der Waals surface area contributed by atoms with Crippen LogP contribution in [0.4, 0.5) is 10.1 Å². The molecular formula is C14H20FNO3. The number of esters is 1. The Morgan fingerprint density at radius 3 is 2.58 bits per heavy atom. The number of methoxy groups -OCH3 is 1. The maximum Gasteiger partial charge on any atom is 0.331 e. The summed E-state index contributed by atoms with van der Waals surface area (Å²) >= 11 is 0. The molecule has 0 saturated carbocycles. The molecule has 1 rings (SSSR count). The highest BCUT2D eigenvalue weighted by Gasteiger charge is 2.35. The maximum atomic E-state index is 13.4. The lowest BCUT2D eigenvalue weighted by Crippen LogP contribution is -2.49. The highest BCUT2D eigenvalue weighted by Crippen LogP contribution is 2.32. The lowest BCUT2D eigenvalue weighted by molar-refractivity contribution is -0.148. The molecule has 0 unspecified atom stereocenters. The van der Waals surface area contributed by atoms with E-state index in [1.54, 1.807) is 32.7 Å². The highest BCUT2D eigenvalue weighted by atomic mass is 19.1. The van der Waals surface area contributed by atoms with Crippen molar-refractivity contribution < 1.29 is 18.7 Å². The molecule has 1 aromatic carbocycles. The number of hydrogen-bond donors (Lipinski definition) is 0. The van der Waals surface area contributed by atoms with Crippen LogP contribution in [0.25, 0.3) is 0 Å². The van der Waals surface area contributed by atoms with Crippen molar-refractivity contribution in [3.05, 3.63) is 24.0 Å². The van der Waals surface area contributed by atoms with E-state index in [-0.39, 0.29) is 11.8 Å². The van der Waals surface area contributed by atoms with Crippen LogP contribution >= 0.6 is 0 Å². The van der Waals surface area contributed by atoms with Gasteiger partial charge in [0.05, 0.1) is 19.4 Å². The van der Waals surface area contributed by atoms with E-state index in [1.807, 2.05) is 0 Å². The van der Waals surface area contributed by atoms with E-state index >= 15 is 0 Å². The van der Waals surface area contributed by atoms with E-state index in [0.29, 0.717) is 18.0 Å². The third-order valence-electron chi connectivity index (χ3n) is 3.12. The van der Waals surface area contributed by atoms with Crippen LogP contribution in [0.5, 0.6) is 5.75 Å². The summed E-state index contributed by atoms with van der Waals surface area (Å²) in [5, 5.41) is 0. The van der Waals surface area contributed by atoms with Gasteiger partial charge in [0.25, 0.3) is 0 Å². The zero-order chi connectivity index (χ0) is 14.6. The first-order valence-electron chi connectivity index (χ1n) is 6.09. The second kappa shape index (κ2) is 5.91. The van der Waals surface area contributed by atoms with Gasteiger partial charge in [0.1, 0.15) is 17.1 Å². The number of anilines is 1. The second-order valence-corrected chi connectivity index (χ2v) is 4.65. The van der Waals surface area contributed by atoms with Crippen LogP contribution in [0, 0.1) is 5.82 Å². The van der Waals surface area contributed by atoms with Crippen molar-refractivity contribution in [3.63, 3.8) is 0 Å². The molecule has 0 spiro atoms. The number of likely N-dealkylation sites (N-methyl/N-ethyl adjacent to an activating group) is 1. The molecule has 19 heavy (non-hydrogen) atoms. The van der Waals surface area contributed by atoms with Crippen molar-refractivity contribution in [2.45, 2.75) is 26.3 Å². The fourth-order valence-corrected chi connectivity index (χ4v) is 1.67. The molecule has 0 bridgehead atoms. The van der Waals surface area contributed by atoms with Gasteiger partial charge in [0, 0.05) is 13.1 Å². The van der Waals surface area contributed by atoms with Crippen LogP contribution in [0.15, 0.2) is 18.2 Å². The van der Waals surface area contributed by atoms with Crippen molar-refractivity contribution >= 4 is 11.7 Å². The van der Waals surface area contributed by atoms with E-state index < -0.39 is 5.54 Å². The predicted molar refractivity (Wildman–Crippen MR) is 72.1 cm³/mol. The van der Waals surface area contributed by atoms with Crippen molar-refractivity contribution in [2.75, 3.05) is 25.7 Å². The molecule has 1 aromatic rings. The maximum absolute atomic E-state index is 13.4. The SMILES string of the molecule is CCOC(=O)C(C)(C)N(C)c1cc(F)ccc1OC. The van der Waals surface area contributed by atoms with Gasteiger partial charge in [-0.1, -0.05) is 0 Å². The molecule has 0 aliphatic heterocycles. The number of halogens is 1. The Hall–Kier alpha value is -1.78. The van der Waals surface area contributed by atoms with Crippen molar-refractivity contribution in [2.24, 2.45) is 0 Å². The largest absolute Gasteiger partial charge is 0.495 e. The molecule has 106 valence electrons. The highest BCUT2D eigenvalue weighted by molar-refractivity contribution is 5.85. The molecule has 0 saturated heterocycles. The molecular weight excluding hydrogens is 249 g/mol. The summed E-state index contributed by atoms with van der Waals surface area (Å²) in [6.45, 7) is 5.48. The Bertz CT molecular complexity index is 460. The van der Waals surface area contributed by atoms with Gasteiger partial charge >= 0.3 is 5.97 Å². The second-order valence-electron chi connectivity index (χ2n) is 4.65. The number of benzene rings is 1. The van der Waals surface area contributed by atoms with Gasteiger partial charge in [0.15, 0.2) is 0 Å². The topological polar surface area (TPSA) is 38.8 Å². The average molecular weight is 269 g/mol. The molecule has 0 fully saturated rings. The van der Waals surface area contributed by atoms with E-state index in [9.17, 15) is 9.18 Å². The van der Waals surface area contributed by atoms with E-state index in [0.717, 1.165) is 0 Å². The van der Waals surface area contributed by atoms with E-state index in [1.165, 1.54) is 25.3 Å². The fraction of sp³-hybridized carbons (Fsp3) is 0.500. The van der Waals surface area contributed by atoms with Crippen LogP contribution in [0.2, 0.25) is 0 Å². The molecule has 5 heteroatoms. The molecule has 4 nitrogen and oxygen atoms in total. The number of ether oxygens (including phenoxy) is 2. The zero-order valence-corrected chi connectivity index (χ0v) is 12.0. The zero-order valence-electron chi connectivity index (χ0n) is 12.0. The lowest BCUT2D eigenvalue weighted by Gasteiger charge is -2.35.